The predicted molar refractivity (Wildman–Crippen MR) is 92.7 cm³/mol. The Hall–Kier alpha value is -0.840. The van der Waals surface area contributed by atoms with Crippen LogP contribution in [0.25, 0.3) is 0 Å². The maximum atomic E-state index is 12.0. The maximum Gasteiger partial charge on any atom is 0.255 e. The standard InChI is InChI=1S/C13H13I2N3O2/c14-9-6-10(12(19)11(15)7-9)13(20)17-2-1-4-18-5-3-16-8-18/h3,5-8,19H,1-2,4H2,(H,17,20). The number of hydrogen-bond donors (Lipinski definition) is 2. The quantitative estimate of drug-likeness (QED) is 0.494. The normalized spacial score (nSPS) is 10.5. The number of carbonyl (C=O) groups is 1. The van der Waals surface area contributed by atoms with Crippen LogP contribution in [-0.2, 0) is 6.54 Å². The van der Waals surface area contributed by atoms with Gasteiger partial charge in [0.2, 0.25) is 0 Å². The Morgan fingerprint density at radius 2 is 2.20 bits per heavy atom. The Morgan fingerprint density at radius 1 is 1.40 bits per heavy atom. The summed E-state index contributed by atoms with van der Waals surface area (Å²) in [5.41, 5.74) is 0.323. The second kappa shape index (κ2) is 7.25. The summed E-state index contributed by atoms with van der Waals surface area (Å²) in [5.74, 6) is -0.206. The van der Waals surface area contributed by atoms with Gasteiger partial charge >= 0.3 is 0 Å². The highest BCUT2D eigenvalue weighted by Crippen LogP contribution is 2.26. The first kappa shape index (κ1) is 15.5. The van der Waals surface area contributed by atoms with E-state index in [4.69, 9.17) is 0 Å². The average molecular weight is 497 g/mol. The van der Waals surface area contributed by atoms with Gasteiger partial charge in [-0.05, 0) is 63.7 Å². The molecule has 0 saturated carbocycles. The highest BCUT2D eigenvalue weighted by Gasteiger charge is 2.14. The van der Waals surface area contributed by atoms with Crippen LogP contribution in [0.5, 0.6) is 5.75 Å². The van der Waals surface area contributed by atoms with Crippen LogP contribution >= 0.6 is 45.2 Å². The minimum Gasteiger partial charge on any atom is -0.506 e. The minimum absolute atomic E-state index is 0.0399. The third-order valence-electron chi connectivity index (χ3n) is 2.71. The number of halogens is 2. The molecular weight excluding hydrogens is 484 g/mol. The molecule has 0 saturated heterocycles. The number of imidazole rings is 1. The Balaban J connectivity index is 1.89. The summed E-state index contributed by atoms with van der Waals surface area (Å²) in [5, 5.41) is 12.7. The second-order valence-electron chi connectivity index (χ2n) is 4.19. The molecule has 1 aromatic heterocycles. The van der Waals surface area contributed by atoms with Crippen LogP contribution in [-0.4, -0.2) is 27.1 Å². The summed E-state index contributed by atoms with van der Waals surface area (Å²) in [6.45, 7) is 1.36. The largest absolute Gasteiger partial charge is 0.506 e. The Morgan fingerprint density at radius 3 is 2.90 bits per heavy atom. The number of aromatic nitrogens is 2. The van der Waals surface area contributed by atoms with Gasteiger partial charge in [-0.25, -0.2) is 4.98 Å². The monoisotopic (exact) mass is 497 g/mol. The van der Waals surface area contributed by atoms with Crippen molar-refractivity contribution in [1.29, 1.82) is 0 Å². The molecule has 0 fully saturated rings. The molecule has 1 heterocycles. The van der Waals surface area contributed by atoms with Gasteiger partial charge in [0.05, 0.1) is 15.5 Å². The smallest absolute Gasteiger partial charge is 0.255 e. The first-order valence-corrected chi connectivity index (χ1v) is 8.15. The van der Waals surface area contributed by atoms with E-state index in [0.717, 1.165) is 16.5 Å². The van der Waals surface area contributed by atoms with Gasteiger partial charge in [-0.2, -0.15) is 0 Å². The molecule has 0 bridgehead atoms. The zero-order valence-electron chi connectivity index (χ0n) is 10.5. The summed E-state index contributed by atoms with van der Waals surface area (Å²) in [6, 6.07) is 3.51. The molecule has 106 valence electrons. The first-order chi connectivity index (χ1) is 9.58. The molecule has 2 N–H and O–H groups in total. The van der Waals surface area contributed by atoms with Gasteiger partial charge in [0, 0.05) is 29.1 Å². The zero-order chi connectivity index (χ0) is 14.5. The van der Waals surface area contributed by atoms with E-state index in [2.05, 4.69) is 32.9 Å². The topological polar surface area (TPSA) is 67.2 Å². The number of phenolic OH excluding ortho intramolecular Hbond substituents is 1. The molecule has 0 radical (unpaired) electrons. The van der Waals surface area contributed by atoms with E-state index in [1.807, 2.05) is 39.4 Å². The molecule has 0 spiro atoms. The lowest BCUT2D eigenvalue weighted by Gasteiger charge is -2.09. The van der Waals surface area contributed by atoms with E-state index in [1.165, 1.54) is 0 Å². The van der Waals surface area contributed by atoms with Gasteiger partial charge in [-0.1, -0.05) is 0 Å². The highest BCUT2D eigenvalue weighted by molar-refractivity contribution is 14.1. The van der Waals surface area contributed by atoms with E-state index < -0.39 is 0 Å². The summed E-state index contributed by atoms with van der Waals surface area (Å²) >= 11 is 4.14. The van der Waals surface area contributed by atoms with Crippen molar-refractivity contribution in [2.24, 2.45) is 0 Å². The van der Waals surface area contributed by atoms with Crippen molar-refractivity contribution >= 4 is 51.1 Å². The number of phenols is 1. The zero-order valence-corrected chi connectivity index (χ0v) is 14.8. The molecule has 5 nitrogen and oxygen atoms in total. The summed E-state index contributed by atoms with van der Waals surface area (Å²) in [7, 11) is 0. The van der Waals surface area contributed by atoms with Crippen LogP contribution < -0.4 is 5.32 Å². The van der Waals surface area contributed by atoms with Gasteiger partial charge < -0.3 is 15.0 Å². The van der Waals surface area contributed by atoms with Crippen molar-refractivity contribution in [3.05, 3.63) is 43.6 Å². The number of rotatable bonds is 5. The minimum atomic E-state index is -0.246. The van der Waals surface area contributed by atoms with Crippen molar-refractivity contribution in [2.75, 3.05) is 6.54 Å². The second-order valence-corrected chi connectivity index (χ2v) is 6.60. The van der Waals surface area contributed by atoms with Crippen molar-refractivity contribution in [3.8, 4) is 5.75 Å². The molecule has 20 heavy (non-hydrogen) atoms. The van der Waals surface area contributed by atoms with Gasteiger partial charge in [-0.3, -0.25) is 4.79 Å². The summed E-state index contributed by atoms with van der Waals surface area (Å²) in [6.07, 6.45) is 6.17. The number of amides is 1. The number of nitrogens with one attached hydrogen (secondary N) is 1. The number of aryl methyl sites for hydroxylation is 1. The first-order valence-electron chi connectivity index (χ1n) is 6.00. The van der Waals surface area contributed by atoms with Crippen LogP contribution in [0.4, 0.5) is 0 Å². The highest BCUT2D eigenvalue weighted by atomic mass is 127. The Kier molecular flexibility index (Phi) is 5.64. The van der Waals surface area contributed by atoms with Crippen molar-refractivity contribution in [2.45, 2.75) is 13.0 Å². The van der Waals surface area contributed by atoms with E-state index in [-0.39, 0.29) is 11.7 Å². The van der Waals surface area contributed by atoms with Crippen LogP contribution in [0.2, 0.25) is 0 Å². The van der Waals surface area contributed by atoms with Gasteiger partial charge in [0.1, 0.15) is 5.75 Å². The predicted octanol–water partition coefficient (Wildman–Crippen LogP) is 2.62. The van der Waals surface area contributed by atoms with Crippen LogP contribution in [0, 0.1) is 7.14 Å². The van der Waals surface area contributed by atoms with Crippen molar-refractivity contribution in [1.82, 2.24) is 14.9 Å². The summed E-state index contributed by atoms with van der Waals surface area (Å²) in [4.78, 5) is 16.0. The third-order valence-corrected chi connectivity index (χ3v) is 4.16. The Labute approximate surface area is 144 Å². The molecule has 2 aromatic rings. The molecule has 0 unspecified atom stereocenters. The Bertz CT molecular complexity index is 600. The lowest BCUT2D eigenvalue weighted by Crippen LogP contribution is -2.25. The molecule has 0 aliphatic rings. The molecule has 0 aliphatic heterocycles. The van der Waals surface area contributed by atoms with Gasteiger partial charge in [-0.15, -0.1) is 0 Å². The lowest BCUT2D eigenvalue weighted by molar-refractivity contribution is 0.0950. The fraction of sp³-hybridized carbons (Fsp3) is 0.231. The molecular formula is C13H13I2N3O2. The fourth-order valence-electron chi connectivity index (χ4n) is 1.72. The van der Waals surface area contributed by atoms with Crippen LogP contribution in [0.3, 0.4) is 0 Å². The third kappa shape index (κ3) is 4.08. The molecule has 2 rings (SSSR count). The van der Waals surface area contributed by atoms with Crippen LogP contribution in [0.1, 0.15) is 16.8 Å². The number of hydrogen-bond acceptors (Lipinski definition) is 3. The van der Waals surface area contributed by atoms with E-state index in [1.54, 1.807) is 18.6 Å². The van der Waals surface area contributed by atoms with Crippen molar-refractivity contribution in [3.63, 3.8) is 0 Å². The van der Waals surface area contributed by atoms with Crippen LogP contribution in [0.15, 0.2) is 30.9 Å². The molecule has 0 aliphatic carbocycles. The maximum absolute atomic E-state index is 12.0. The molecule has 1 amide bonds. The van der Waals surface area contributed by atoms with Gasteiger partial charge in [0.15, 0.2) is 0 Å². The molecule has 7 heteroatoms. The number of carbonyl (C=O) groups excluding carboxylic acids is 1. The van der Waals surface area contributed by atoms with E-state index in [0.29, 0.717) is 15.7 Å². The molecule has 0 atom stereocenters. The number of aromatic hydroxyl groups is 1. The lowest BCUT2D eigenvalue weighted by atomic mass is 10.2. The molecule has 1 aromatic carbocycles. The fourth-order valence-corrected chi connectivity index (χ4v) is 3.56. The number of nitrogens with zero attached hydrogens (tertiary/aromatic N) is 2. The SMILES string of the molecule is O=C(NCCCn1ccnc1)c1cc(I)cc(I)c1O. The summed E-state index contributed by atoms with van der Waals surface area (Å²) < 4.78 is 3.56. The van der Waals surface area contributed by atoms with Crippen molar-refractivity contribution < 1.29 is 9.90 Å². The number of benzene rings is 1. The van der Waals surface area contributed by atoms with E-state index in [9.17, 15) is 9.90 Å². The van der Waals surface area contributed by atoms with Gasteiger partial charge in [0.25, 0.3) is 5.91 Å². The van der Waals surface area contributed by atoms with E-state index >= 15 is 0 Å². The average Bonchev–Trinajstić information content (AvgIpc) is 2.91.